The van der Waals surface area contributed by atoms with Crippen molar-refractivity contribution < 1.29 is 51.5 Å². The standard InChI is InChI=1S/C22H20ClF3N2O9/c1-12(21(30)34-3)36-20(29)11-35-27-17(10-33-2)15-9-14(5-6-18(15)28(31)32)37-19-7-4-13(8-16(19)23)22(24,25)26/h4-10,12,27H,11H2,1-3H3. The smallest absolute Gasteiger partial charge is 0.416 e. The van der Waals surface area contributed by atoms with Gasteiger partial charge in [0.15, 0.2) is 12.7 Å². The quantitative estimate of drug-likeness (QED) is 0.183. The molecule has 11 nitrogen and oxygen atoms in total. The Hall–Kier alpha value is -4.04. The molecule has 0 aliphatic heterocycles. The molecule has 0 aliphatic carbocycles. The maximum Gasteiger partial charge on any atom is 0.416 e. The van der Waals surface area contributed by atoms with Crippen LogP contribution in [-0.4, -0.2) is 43.8 Å². The van der Waals surface area contributed by atoms with Gasteiger partial charge < -0.3 is 18.9 Å². The van der Waals surface area contributed by atoms with Crippen LogP contribution in [0.1, 0.15) is 18.1 Å². The number of carbonyl (C=O) groups excluding carboxylic acids is 2. The van der Waals surface area contributed by atoms with E-state index in [1.54, 1.807) is 0 Å². The molecule has 0 amide bonds. The summed E-state index contributed by atoms with van der Waals surface area (Å²) in [6.07, 6.45) is -4.78. The van der Waals surface area contributed by atoms with E-state index in [0.29, 0.717) is 6.07 Å². The van der Waals surface area contributed by atoms with Crippen LogP contribution in [0.15, 0.2) is 42.7 Å². The molecule has 0 heterocycles. The second kappa shape index (κ2) is 12.8. The lowest BCUT2D eigenvalue weighted by atomic mass is 10.1. The zero-order chi connectivity index (χ0) is 27.8. The van der Waals surface area contributed by atoms with Crippen LogP contribution < -0.4 is 10.2 Å². The highest BCUT2D eigenvalue weighted by Gasteiger charge is 2.31. The van der Waals surface area contributed by atoms with Gasteiger partial charge in [0.1, 0.15) is 23.5 Å². The average molecular weight is 549 g/mol. The summed E-state index contributed by atoms with van der Waals surface area (Å²) in [4.78, 5) is 39.0. The molecule has 1 unspecified atom stereocenters. The molecule has 200 valence electrons. The van der Waals surface area contributed by atoms with Gasteiger partial charge in [0.05, 0.1) is 35.3 Å². The van der Waals surface area contributed by atoms with Crippen molar-refractivity contribution in [3.8, 4) is 11.5 Å². The molecule has 1 atom stereocenters. The van der Waals surface area contributed by atoms with Gasteiger partial charge in [0.25, 0.3) is 5.69 Å². The minimum atomic E-state index is -4.61. The second-order valence-corrected chi connectivity index (χ2v) is 7.40. The van der Waals surface area contributed by atoms with Gasteiger partial charge in [-0.2, -0.15) is 13.2 Å². The van der Waals surface area contributed by atoms with E-state index >= 15 is 0 Å². The Labute approximate surface area is 212 Å². The Balaban J connectivity index is 2.25. The zero-order valence-electron chi connectivity index (χ0n) is 19.5. The predicted octanol–water partition coefficient (Wildman–Crippen LogP) is 4.63. The lowest BCUT2D eigenvalue weighted by molar-refractivity contribution is -0.385. The first-order valence-corrected chi connectivity index (χ1v) is 10.5. The van der Waals surface area contributed by atoms with Crippen LogP contribution in [0.25, 0.3) is 5.70 Å². The van der Waals surface area contributed by atoms with Crippen molar-refractivity contribution in [2.45, 2.75) is 19.2 Å². The summed E-state index contributed by atoms with van der Waals surface area (Å²) in [6.45, 7) is 0.568. The molecule has 0 fully saturated rings. The Kier molecular flexibility index (Phi) is 10.1. The van der Waals surface area contributed by atoms with Crippen LogP contribution in [0.2, 0.25) is 5.02 Å². The summed E-state index contributed by atoms with van der Waals surface area (Å²) in [6, 6.07) is 5.88. The van der Waals surface area contributed by atoms with Gasteiger partial charge in [-0.1, -0.05) is 11.6 Å². The number of ether oxygens (including phenoxy) is 4. The third-order valence-corrected chi connectivity index (χ3v) is 4.69. The molecule has 37 heavy (non-hydrogen) atoms. The topological polar surface area (TPSA) is 135 Å². The highest BCUT2D eigenvalue weighted by atomic mass is 35.5. The Morgan fingerprint density at radius 3 is 2.46 bits per heavy atom. The Bertz CT molecular complexity index is 1190. The van der Waals surface area contributed by atoms with Gasteiger partial charge in [-0.3, -0.25) is 20.4 Å². The summed E-state index contributed by atoms with van der Waals surface area (Å²) in [5, 5.41) is 11.2. The third-order valence-electron chi connectivity index (χ3n) is 4.39. The van der Waals surface area contributed by atoms with Crippen LogP contribution in [-0.2, 0) is 34.8 Å². The molecule has 2 aromatic carbocycles. The summed E-state index contributed by atoms with van der Waals surface area (Å²) in [5.41, 5.74) is 0.623. The zero-order valence-corrected chi connectivity index (χ0v) is 20.2. The first-order chi connectivity index (χ1) is 17.4. The van der Waals surface area contributed by atoms with Crippen molar-refractivity contribution >= 4 is 34.9 Å². The van der Waals surface area contributed by atoms with Gasteiger partial charge in [0.2, 0.25) is 0 Å². The predicted molar refractivity (Wildman–Crippen MR) is 121 cm³/mol. The van der Waals surface area contributed by atoms with E-state index in [9.17, 15) is 32.9 Å². The van der Waals surface area contributed by atoms with Crippen LogP contribution >= 0.6 is 11.6 Å². The number of hydrogen-bond acceptors (Lipinski definition) is 10. The molecule has 0 spiro atoms. The molecule has 2 rings (SSSR count). The number of methoxy groups -OCH3 is 2. The molecule has 0 saturated carbocycles. The van der Waals surface area contributed by atoms with Gasteiger partial charge >= 0.3 is 18.1 Å². The molecule has 15 heteroatoms. The van der Waals surface area contributed by atoms with Crippen molar-refractivity contribution in [2.75, 3.05) is 20.8 Å². The first-order valence-electron chi connectivity index (χ1n) is 10.1. The highest BCUT2D eigenvalue weighted by Crippen LogP contribution is 2.37. The largest absolute Gasteiger partial charge is 0.502 e. The van der Waals surface area contributed by atoms with Gasteiger partial charge in [-0.05, 0) is 37.3 Å². The number of nitro benzene ring substituents is 1. The fourth-order valence-corrected chi connectivity index (χ4v) is 2.94. The Morgan fingerprint density at radius 2 is 1.89 bits per heavy atom. The van der Waals surface area contributed by atoms with Crippen molar-refractivity contribution in [3.05, 3.63) is 68.9 Å². The van der Waals surface area contributed by atoms with E-state index in [0.717, 1.165) is 31.6 Å². The maximum absolute atomic E-state index is 12.9. The molecule has 0 aromatic heterocycles. The van der Waals surface area contributed by atoms with Crippen LogP contribution in [0.3, 0.4) is 0 Å². The molecular formula is C22H20ClF3N2O9. The first kappa shape index (κ1) is 29.2. The minimum Gasteiger partial charge on any atom is -0.502 e. The highest BCUT2D eigenvalue weighted by molar-refractivity contribution is 6.32. The van der Waals surface area contributed by atoms with E-state index in [2.05, 4.69) is 10.2 Å². The molecule has 1 N–H and O–H groups in total. The van der Waals surface area contributed by atoms with Gasteiger partial charge in [-0.25, -0.2) is 9.59 Å². The molecular weight excluding hydrogens is 529 g/mol. The Morgan fingerprint density at radius 1 is 1.19 bits per heavy atom. The molecule has 0 bridgehead atoms. The fraction of sp³-hybridized carbons (Fsp3) is 0.273. The molecule has 2 aromatic rings. The lowest BCUT2D eigenvalue weighted by Gasteiger charge is -2.15. The maximum atomic E-state index is 12.9. The lowest BCUT2D eigenvalue weighted by Crippen LogP contribution is -2.29. The molecule has 0 aliphatic rings. The number of nitrogens with zero attached hydrogens (tertiary/aromatic N) is 1. The number of benzene rings is 2. The number of carbonyl (C=O) groups is 2. The third kappa shape index (κ3) is 8.25. The summed E-state index contributed by atoms with van der Waals surface area (Å²) in [7, 11) is 2.35. The van der Waals surface area contributed by atoms with Crippen molar-refractivity contribution in [3.63, 3.8) is 0 Å². The number of nitrogens with one attached hydrogen (secondary N) is 1. The van der Waals surface area contributed by atoms with Gasteiger partial charge in [0, 0.05) is 6.07 Å². The average Bonchev–Trinajstić information content (AvgIpc) is 2.83. The van der Waals surface area contributed by atoms with Crippen molar-refractivity contribution in [2.24, 2.45) is 0 Å². The summed E-state index contributed by atoms with van der Waals surface area (Å²) >= 11 is 5.91. The number of rotatable bonds is 11. The molecule has 0 radical (unpaired) electrons. The second-order valence-electron chi connectivity index (χ2n) is 6.99. The van der Waals surface area contributed by atoms with Crippen LogP contribution in [0, 0.1) is 10.1 Å². The minimum absolute atomic E-state index is 0.0302. The number of nitro groups is 1. The molecule has 0 saturated heterocycles. The van der Waals surface area contributed by atoms with Crippen molar-refractivity contribution in [1.82, 2.24) is 5.48 Å². The van der Waals surface area contributed by atoms with Crippen LogP contribution in [0.4, 0.5) is 18.9 Å². The van der Waals surface area contributed by atoms with E-state index in [1.807, 2.05) is 0 Å². The van der Waals surface area contributed by atoms with E-state index in [-0.39, 0.29) is 27.8 Å². The SMILES string of the molecule is COC=C(NOCC(=O)OC(C)C(=O)OC)c1cc(Oc2ccc(C(F)(F)F)cc2Cl)ccc1[N+](=O)[O-]. The van der Waals surface area contributed by atoms with Gasteiger partial charge in [-0.15, -0.1) is 0 Å². The van der Waals surface area contributed by atoms with E-state index < -0.39 is 47.0 Å². The fourth-order valence-electron chi connectivity index (χ4n) is 2.72. The normalized spacial score (nSPS) is 12.4. The van der Waals surface area contributed by atoms with E-state index in [1.165, 1.54) is 26.2 Å². The number of hydrogen-bond donors (Lipinski definition) is 1. The van der Waals surface area contributed by atoms with Crippen molar-refractivity contribution in [1.29, 1.82) is 0 Å². The summed E-state index contributed by atoms with van der Waals surface area (Å²) in [5.74, 6) is -1.91. The van der Waals surface area contributed by atoms with Crippen LogP contribution in [0.5, 0.6) is 11.5 Å². The number of hydroxylamine groups is 1. The number of alkyl halides is 3. The monoisotopic (exact) mass is 548 g/mol. The number of halogens is 4. The van der Waals surface area contributed by atoms with E-state index in [4.69, 9.17) is 30.6 Å². The number of esters is 2. The summed E-state index contributed by atoms with van der Waals surface area (Å²) < 4.78 is 58.3.